The summed E-state index contributed by atoms with van der Waals surface area (Å²) >= 11 is 0. The zero-order valence-electron chi connectivity index (χ0n) is 21.3. The molecule has 0 unspecified atom stereocenters. The number of hydrogen-bond acceptors (Lipinski definition) is 4. The molecule has 4 heterocycles. The zero-order valence-corrected chi connectivity index (χ0v) is 21.3. The largest absolute Gasteiger partial charge is 0.369 e. The third-order valence-corrected chi connectivity index (χ3v) is 8.38. The summed E-state index contributed by atoms with van der Waals surface area (Å²) in [6, 6.07) is 27.8. The molecule has 0 aliphatic carbocycles. The first-order valence-electron chi connectivity index (χ1n) is 13.5. The van der Waals surface area contributed by atoms with E-state index in [1.807, 2.05) is 41.3 Å². The lowest BCUT2D eigenvalue weighted by Gasteiger charge is -2.36. The summed E-state index contributed by atoms with van der Waals surface area (Å²) < 4.78 is 0. The van der Waals surface area contributed by atoms with Crippen molar-refractivity contribution in [3.63, 3.8) is 0 Å². The molecule has 192 valence electrons. The topological polar surface area (TPSA) is 62.9 Å². The molecule has 1 aromatic heterocycles. The predicted molar refractivity (Wildman–Crippen MR) is 148 cm³/mol. The van der Waals surface area contributed by atoms with Gasteiger partial charge in [0.25, 0.3) is 5.91 Å². The maximum atomic E-state index is 13.9. The number of rotatable bonds is 5. The Hall–Kier alpha value is -4.10. The van der Waals surface area contributed by atoms with Gasteiger partial charge in [0.1, 0.15) is 12.1 Å². The molecule has 0 saturated carbocycles. The number of urea groups is 1. The van der Waals surface area contributed by atoms with E-state index in [-0.39, 0.29) is 18.0 Å². The summed E-state index contributed by atoms with van der Waals surface area (Å²) in [5.74, 6) is -0.0743. The van der Waals surface area contributed by atoms with E-state index in [0.29, 0.717) is 19.5 Å². The van der Waals surface area contributed by atoms with Crippen molar-refractivity contribution in [3.8, 4) is 0 Å². The van der Waals surface area contributed by atoms with Crippen molar-refractivity contribution in [3.05, 3.63) is 102 Å². The Kier molecular flexibility index (Phi) is 5.66. The second-order valence-corrected chi connectivity index (χ2v) is 10.4. The molecule has 3 aromatic carbocycles. The van der Waals surface area contributed by atoms with Crippen molar-refractivity contribution >= 4 is 28.5 Å². The van der Waals surface area contributed by atoms with E-state index in [2.05, 4.69) is 63.3 Å². The summed E-state index contributed by atoms with van der Waals surface area (Å²) in [6.45, 7) is 4.84. The van der Waals surface area contributed by atoms with Crippen molar-refractivity contribution in [1.82, 2.24) is 19.7 Å². The summed E-state index contributed by atoms with van der Waals surface area (Å²) in [6.07, 6.45) is 0.541. The summed E-state index contributed by atoms with van der Waals surface area (Å²) in [5, 5.41) is 1.14. The van der Waals surface area contributed by atoms with Crippen molar-refractivity contribution in [1.29, 1.82) is 0 Å². The number of anilines is 1. The summed E-state index contributed by atoms with van der Waals surface area (Å²) in [7, 11) is 0. The van der Waals surface area contributed by atoms with Crippen LogP contribution in [0, 0.1) is 0 Å². The molecular formula is C31H31N5O2. The Labute approximate surface area is 222 Å². The first-order chi connectivity index (χ1) is 18.7. The summed E-state index contributed by atoms with van der Waals surface area (Å²) in [4.78, 5) is 39.3. The number of benzene rings is 3. The number of carbonyl (C=O) groups is 2. The molecule has 2 saturated heterocycles. The SMILES string of the molecule is O=C1[C@H]2Cc3c([nH]c4ccccc34)[C@H](c3ccccc3)N2C(=O)N1CCN1CCN(c2ccccc2)CC1. The smallest absolute Gasteiger partial charge is 0.328 e. The van der Waals surface area contributed by atoms with Gasteiger partial charge in [-0.15, -0.1) is 0 Å². The normalized spacial score (nSPS) is 21.7. The van der Waals surface area contributed by atoms with E-state index in [1.54, 1.807) is 0 Å². The minimum absolute atomic E-state index is 0.0743. The average molecular weight is 506 g/mol. The van der Waals surface area contributed by atoms with Gasteiger partial charge in [-0.05, 0) is 29.3 Å². The van der Waals surface area contributed by atoms with Crippen LogP contribution in [0.4, 0.5) is 10.5 Å². The molecule has 0 bridgehead atoms. The number of imide groups is 1. The van der Waals surface area contributed by atoms with Gasteiger partial charge in [-0.2, -0.15) is 0 Å². The maximum absolute atomic E-state index is 13.9. The highest BCUT2D eigenvalue weighted by molar-refractivity contribution is 6.05. The third kappa shape index (κ3) is 3.77. The van der Waals surface area contributed by atoms with Crippen LogP contribution in [0.1, 0.15) is 22.9 Å². The number of fused-ring (bicyclic) bond motifs is 4. The molecule has 1 N–H and O–H groups in total. The van der Waals surface area contributed by atoms with Crippen molar-refractivity contribution in [2.45, 2.75) is 18.5 Å². The van der Waals surface area contributed by atoms with Crippen LogP contribution in [0.5, 0.6) is 0 Å². The number of H-pyrrole nitrogens is 1. The van der Waals surface area contributed by atoms with Crippen LogP contribution in [0.2, 0.25) is 0 Å². The molecule has 7 rings (SSSR count). The number of nitrogens with one attached hydrogen (secondary N) is 1. The fraction of sp³-hybridized carbons (Fsp3) is 0.290. The van der Waals surface area contributed by atoms with Crippen LogP contribution in [0.3, 0.4) is 0 Å². The van der Waals surface area contributed by atoms with Gasteiger partial charge in [-0.3, -0.25) is 19.5 Å². The Morgan fingerprint density at radius 3 is 2.21 bits per heavy atom. The number of aromatic amines is 1. The van der Waals surface area contributed by atoms with Crippen LogP contribution in [0.15, 0.2) is 84.9 Å². The number of nitrogens with zero attached hydrogens (tertiary/aromatic N) is 4. The quantitative estimate of drug-likeness (QED) is 0.412. The van der Waals surface area contributed by atoms with Gasteiger partial charge in [-0.1, -0.05) is 66.7 Å². The Morgan fingerprint density at radius 2 is 1.45 bits per heavy atom. The minimum atomic E-state index is -0.477. The van der Waals surface area contributed by atoms with Crippen LogP contribution in [0.25, 0.3) is 10.9 Å². The summed E-state index contributed by atoms with van der Waals surface area (Å²) in [5.41, 5.74) is 5.48. The van der Waals surface area contributed by atoms with Crippen molar-refractivity contribution in [2.75, 3.05) is 44.2 Å². The van der Waals surface area contributed by atoms with Crippen LogP contribution < -0.4 is 4.90 Å². The molecule has 38 heavy (non-hydrogen) atoms. The average Bonchev–Trinajstić information content (AvgIpc) is 3.46. The second-order valence-electron chi connectivity index (χ2n) is 10.4. The highest BCUT2D eigenvalue weighted by Gasteiger charge is 2.52. The molecule has 7 nitrogen and oxygen atoms in total. The first kappa shape index (κ1) is 23.0. The Bertz CT molecular complexity index is 1480. The molecule has 3 amide bonds. The van der Waals surface area contributed by atoms with E-state index < -0.39 is 6.04 Å². The number of para-hydroxylation sites is 2. The molecule has 3 aliphatic heterocycles. The molecule has 2 fully saturated rings. The Balaban J connectivity index is 1.12. The standard InChI is InChI=1S/C31H31N5O2/c37-30-27-21-25-24-13-7-8-14-26(24)32-28(25)29(22-9-3-1-4-10-22)36(27)31(38)35(30)20-17-33-15-18-34(19-16-33)23-11-5-2-6-12-23/h1-14,27,29,32H,15-21H2/t27-,29+/m1/s1. The zero-order chi connectivity index (χ0) is 25.6. The molecule has 4 aromatic rings. The van der Waals surface area contributed by atoms with Gasteiger partial charge >= 0.3 is 6.03 Å². The van der Waals surface area contributed by atoms with Gasteiger partial charge in [0.2, 0.25) is 0 Å². The second kappa shape index (κ2) is 9.33. The fourth-order valence-electron chi connectivity index (χ4n) is 6.43. The van der Waals surface area contributed by atoms with E-state index >= 15 is 0 Å². The lowest BCUT2D eigenvalue weighted by Crippen LogP contribution is -2.49. The van der Waals surface area contributed by atoms with Crippen LogP contribution in [-0.4, -0.2) is 76.9 Å². The monoisotopic (exact) mass is 505 g/mol. The molecule has 0 spiro atoms. The number of carbonyl (C=O) groups excluding carboxylic acids is 2. The number of amides is 3. The van der Waals surface area contributed by atoms with E-state index in [4.69, 9.17) is 0 Å². The van der Waals surface area contributed by atoms with Gasteiger partial charge in [0.05, 0.1) is 0 Å². The molecule has 7 heteroatoms. The highest BCUT2D eigenvalue weighted by Crippen LogP contribution is 2.43. The molecule has 2 atom stereocenters. The number of aromatic nitrogens is 1. The van der Waals surface area contributed by atoms with Gasteiger partial charge < -0.3 is 9.88 Å². The predicted octanol–water partition coefficient (Wildman–Crippen LogP) is 4.27. The van der Waals surface area contributed by atoms with Crippen LogP contribution >= 0.6 is 0 Å². The number of hydrogen-bond donors (Lipinski definition) is 1. The lowest BCUT2D eigenvalue weighted by molar-refractivity contribution is -0.128. The lowest BCUT2D eigenvalue weighted by atomic mass is 9.89. The van der Waals surface area contributed by atoms with E-state index in [9.17, 15) is 9.59 Å². The fourth-order valence-corrected chi connectivity index (χ4v) is 6.43. The van der Waals surface area contributed by atoms with Crippen LogP contribution in [-0.2, 0) is 11.2 Å². The number of piperazine rings is 1. The Morgan fingerprint density at radius 1 is 0.763 bits per heavy atom. The minimum Gasteiger partial charge on any atom is -0.369 e. The van der Waals surface area contributed by atoms with Crippen molar-refractivity contribution in [2.24, 2.45) is 0 Å². The molecule has 3 aliphatic rings. The van der Waals surface area contributed by atoms with E-state index in [1.165, 1.54) is 10.6 Å². The molecular weight excluding hydrogens is 474 g/mol. The third-order valence-electron chi connectivity index (χ3n) is 8.38. The van der Waals surface area contributed by atoms with Gasteiger partial charge in [0.15, 0.2) is 0 Å². The van der Waals surface area contributed by atoms with Gasteiger partial charge in [0, 0.05) is 68.0 Å². The van der Waals surface area contributed by atoms with E-state index in [0.717, 1.165) is 53.9 Å². The first-order valence-corrected chi connectivity index (χ1v) is 13.5. The molecule has 0 radical (unpaired) electrons. The highest BCUT2D eigenvalue weighted by atomic mass is 16.2. The van der Waals surface area contributed by atoms with Gasteiger partial charge in [-0.25, -0.2) is 4.79 Å². The maximum Gasteiger partial charge on any atom is 0.328 e. The van der Waals surface area contributed by atoms with Crippen molar-refractivity contribution < 1.29 is 9.59 Å².